The molecule has 0 fully saturated rings. The summed E-state index contributed by atoms with van der Waals surface area (Å²) >= 11 is -2.21. The van der Waals surface area contributed by atoms with Gasteiger partial charge < -0.3 is 24.8 Å². The Kier molecular flexibility index (Phi) is 10.1. The molecule has 6 rings (SSSR count). The molecular weight excluding hydrogens is 631 g/mol. The molecule has 0 saturated carbocycles. The molecule has 2 aromatic rings. The average molecular weight is 679 g/mol. The van der Waals surface area contributed by atoms with E-state index in [0.717, 1.165) is 6.42 Å². The van der Waals surface area contributed by atoms with E-state index in [0.29, 0.717) is 0 Å². The molecule has 4 aliphatic carbocycles. The standard InChI is InChI=1S/C25H25.C9H18.C5H5.2ClH.Zr/c1-14-12-24(3,4)22-8-16-7-17-9-23-19(15(2)13-25(23,5)6)11-21(17)20(16)10-18(14)22;1-3-5-7-9-8-6-4-2;1-2-4-5-3-1;;;/h8-12H,7H2,1-6H3;3-8H2,1-2H3;1-3H,4H2;2*1H;/q;;;;;+2/p-2. The van der Waals surface area contributed by atoms with Crippen LogP contribution in [0.3, 0.4) is 0 Å². The summed E-state index contributed by atoms with van der Waals surface area (Å²) in [6, 6.07) is 10.3. The quantitative estimate of drug-likeness (QED) is 0.315. The minimum atomic E-state index is -2.21. The van der Waals surface area contributed by atoms with Crippen molar-refractivity contribution in [2.75, 3.05) is 0 Å². The molecule has 222 valence electrons. The molecule has 4 aliphatic rings. The number of fused-ring (bicyclic) bond motifs is 5. The normalized spacial score (nSPS) is 17.8. The summed E-state index contributed by atoms with van der Waals surface area (Å²) in [4.78, 5) is 0. The third-order valence-corrected chi connectivity index (χ3v) is 19.4. The molecule has 0 aromatic heterocycles. The minimum absolute atomic E-state index is 0. The van der Waals surface area contributed by atoms with Crippen LogP contribution in [0.2, 0.25) is 0 Å². The number of benzene rings is 2. The number of halogens is 2. The van der Waals surface area contributed by atoms with Crippen LogP contribution in [0, 0.1) is 0 Å². The number of unbranched alkanes of at least 4 members (excludes halogenated alkanes) is 2. The molecule has 2 aromatic carbocycles. The van der Waals surface area contributed by atoms with Crippen molar-refractivity contribution in [3.8, 4) is 11.1 Å². The van der Waals surface area contributed by atoms with Gasteiger partial charge in [-0.15, -0.1) is 0 Å². The van der Waals surface area contributed by atoms with E-state index in [1.165, 1.54) is 78.3 Å². The average Bonchev–Trinajstić information content (AvgIpc) is 3.65. The number of rotatable bonds is 8. The molecule has 42 heavy (non-hydrogen) atoms. The van der Waals surface area contributed by atoms with Gasteiger partial charge in [-0.1, -0.05) is 0 Å². The van der Waals surface area contributed by atoms with Crippen molar-refractivity contribution >= 4 is 14.4 Å². The first kappa shape index (κ1) is 33.6. The fourth-order valence-electron chi connectivity index (χ4n) is 8.26. The van der Waals surface area contributed by atoms with Crippen LogP contribution >= 0.6 is 0 Å². The van der Waals surface area contributed by atoms with Gasteiger partial charge in [0.25, 0.3) is 0 Å². The maximum atomic E-state index is 2.64. The molecule has 0 saturated heterocycles. The molecular formula is C39H48Cl2Zr. The Hall–Kier alpha value is -1.27. The van der Waals surface area contributed by atoms with Crippen molar-refractivity contribution < 1.29 is 46.1 Å². The molecule has 0 aliphatic heterocycles. The van der Waals surface area contributed by atoms with E-state index in [2.05, 4.69) is 104 Å². The summed E-state index contributed by atoms with van der Waals surface area (Å²) in [6.07, 6.45) is 20.0. The third kappa shape index (κ3) is 5.43. The van der Waals surface area contributed by atoms with Gasteiger partial charge in [0, 0.05) is 0 Å². The molecule has 3 heteroatoms. The Balaban J connectivity index is 0.00000202. The Labute approximate surface area is 275 Å². The fourth-order valence-corrected chi connectivity index (χ4v) is 17.7. The van der Waals surface area contributed by atoms with Crippen LogP contribution in [0.25, 0.3) is 22.3 Å². The van der Waals surface area contributed by atoms with E-state index >= 15 is 0 Å². The van der Waals surface area contributed by atoms with E-state index in [-0.39, 0.29) is 35.6 Å². The molecule has 0 nitrogen and oxygen atoms in total. The Morgan fingerprint density at radius 1 is 0.786 bits per heavy atom. The summed E-state index contributed by atoms with van der Waals surface area (Å²) in [5, 5.41) is 0. The molecule has 0 radical (unpaired) electrons. The van der Waals surface area contributed by atoms with Crippen molar-refractivity contribution in [3.63, 3.8) is 0 Å². The van der Waals surface area contributed by atoms with Gasteiger partial charge in [-0.3, -0.25) is 0 Å². The topological polar surface area (TPSA) is 0 Å². The maximum Gasteiger partial charge on any atom is -1.00 e. The number of hydrogen-bond acceptors (Lipinski definition) is 0. The van der Waals surface area contributed by atoms with E-state index < -0.39 is 21.3 Å². The van der Waals surface area contributed by atoms with Gasteiger partial charge in [-0.05, 0) is 0 Å². The zero-order valence-corrected chi connectivity index (χ0v) is 31.0. The van der Waals surface area contributed by atoms with E-state index in [4.69, 9.17) is 0 Å². The largest absolute Gasteiger partial charge is 1.00 e. The Morgan fingerprint density at radius 2 is 1.38 bits per heavy atom. The van der Waals surface area contributed by atoms with Crippen LogP contribution < -0.4 is 24.8 Å². The van der Waals surface area contributed by atoms with Gasteiger partial charge in [-0.25, -0.2) is 0 Å². The summed E-state index contributed by atoms with van der Waals surface area (Å²) in [5.74, 6) is 0. The Bertz CT molecular complexity index is 1560. The zero-order valence-electron chi connectivity index (χ0n) is 27.0. The second-order valence-electron chi connectivity index (χ2n) is 14.0. The van der Waals surface area contributed by atoms with Crippen LogP contribution in [0.4, 0.5) is 0 Å². The minimum Gasteiger partial charge on any atom is -1.00 e. The first-order chi connectivity index (χ1) is 19.1. The molecule has 0 bridgehead atoms. The summed E-state index contributed by atoms with van der Waals surface area (Å²) in [6.45, 7) is 19.4. The van der Waals surface area contributed by atoms with Gasteiger partial charge in [0.1, 0.15) is 0 Å². The molecule has 0 unspecified atom stereocenters. The van der Waals surface area contributed by atoms with Crippen molar-refractivity contribution in [3.05, 3.63) is 88.5 Å². The van der Waals surface area contributed by atoms with Crippen molar-refractivity contribution in [1.82, 2.24) is 0 Å². The monoisotopic (exact) mass is 676 g/mol. The van der Waals surface area contributed by atoms with Crippen LogP contribution in [0.15, 0.2) is 55.1 Å². The van der Waals surface area contributed by atoms with Crippen molar-refractivity contribution in [1.29, 1.82) is 0 Å². The first-order valence-electron chi connectivity index (χ1n) is 15.9. The van der Waals surface area contributed by atoms with Crippen LogP contribution in [-0.4, -0.2) is 3.21 Å². The van der Waals surface area contributed by atoms with Gasteiger partial charge in [0.2, 0.25) is 0 Å². The van der Waals surface area contributed by atoms with E-state index in [1.807, 2.05) is 9.77 Å². The molecule has 0 amide bonds. The second-order valence-corrected chi connectivity index (χ2v) is 20.4. The van der Waals surface area contributed by atoms with E-state index in [9.17, 15) is 0 Å². The summed E-state index contributed by atoms with van der Waals surface area (Å²) in [7, 11) is 0. The third-order valence-electron chi connectivity index (χ3n) is 10.3. The molecule has 0 spiro atoms. The summed E-state index contributed by atoms with van der Waals surface area (Å²) in [5.41, 5.74) is 15.5. The molecule has 0 N–H and O–H groups in total. The maximum absolute atomic E-state index is 2.64. The number of hydrogen-bond donors (Lipinski definition) is 0. The van der Waals surface area contributed by atoms with Crippen LogP contribution in [0.1, 0.15) is 134 Å². The smallest absolute Gasteiger partial charge is 1.00 e. The molecule has 0 heterocycles. The first-order valence-corrected chi connectivity index (χ1v) is 19.6. The van der Waals surface area contributed by atoms with Gasteiger partial charge in [0.05, 0.1) is 0 Å². The fraction of sp³-hybridized carbons (Fsp3) is 0.462. The second kappa shape index (κ2) is 12.6. The Morgan fingerprint density at radius 3 is 1.95 bits per heavy atom. The predicted octanol–water partition coefficient (Wildman–Crippen LogP) is 5.00. The van der Waals surface area contributed by atoms with E-state index in [1.54, 1.807) is 22.3 Å². The van der Waals surface area contributed by atoms with Crippen LogP contribution in [0.5, 0.6) is 0 Å². The SMILES string of the molecule is CCCC[C](CCCC)=[Zr+2]([C]1=CC=CC1)[C]1=C(C)c2cc3c(cc2C1(C)C)Cc1cc2c(cc1-3)C(C)=CC2(C)C.[Cl-].[Cl-]. The number of allylic oxidation sites excluding steroid dienone is 8. The summed E-state index contributed by atoms with van der Waals surface area (Å²) < 4.78 is 5.67. The predicted molar refractivity (Wildman–Crippen MR) is 173 cm³/mol. The van der Waals surface area contributed by atoms with Gasteiger partial charge >= 0.3 is 253 Å². The van der Waals surface area contributed by atoms with Crippen molar-refractivity contribution in [2.45, 2.75) is 118 Å². The van der Waals surface area contributed by atoms with Crippen LogP contribution in [-0.2, 0) is 38.5 Å². The van der Waals surface area contributed by atoms with Crippen molar-refractivity contribution in [2.24, 2.45) is 0 Å². The zero-order chi connectivity index (χ0) is 28.4. The van der Waals surface area contributed by atoms with Gasteiger partial charge in [0.15, 0.2) is 0 Å². The van der Waals surface area contributed by atoms with Gasteiger partial charge in [-0.2, -0.15) is 0 Å². The molecule has 0 atom stereocenters.